The zero-order chi connectivity index (χ0) is 10.1. The molecule has 0 amide bonds. The molecule has 0 fully saturated rings. The summed E-state index contributed by atoms with van der Waals surface area (Å²) in [5.41, 5.74) is 3.70. The molecule has 0 unspecified atom stereocenters. The number of hydrogen-bond donors (Lipinski definition) is 0. The van der Waals surface area contributed by atoms with E-state index in [1.807, 2.05) is 6.20 Å². The van der Waals surface area contributed by atoms with Gasteiger partial charge in [0.05, 0.1) is 5.52 Å². The van der Waals surface area contributed by atoms with Crippen LogP contribution in [0.5, 0.6) is 0 Å². The lowest BCUT2D eigenvalue weighted by Gasteiger charge is -2.08. The summed E-state index contributed by atoms with van der Waals surface area (Å²) in [6, 6.07) is 8.59. The minimum atomic E-state index is 0.536. The molecule has 0 atom stereocenters. The molecule has 14 heavy (non-hydrogen) atoms. The van der Waals surface area contributed by atoms with Crippen LogP contribution in [0.3, 0.4) is 0 Å². The van der Waals surface area contributed by atoms with Crippen LogP contribution < -0.4 is 0 Å². The predicted molar refractivity (Wildman–Crippen MR) is 60.6 cm³/mol. The van der Waals surface area contributed by atoms with E-state index in [0.717, 1.165) is 5.52 Å². The van der Waals surface area contributed by atoms with Crippen molar-refractivity contribution in [3.8, 4) is 0 Å². The van der Waals surface area contributed by atoms with Gasteiger partial charge in [-0.15, -0.1) is 0 Å². The SMILES string of the molecule is Cc1cnc2c(C(C)C)cccc2c1. The van der Waals surface area contributed by atoms with Crippen molar-refractivity contribution in [2.24, 2.45) is 0 Å². The van der Waals surface area contributed by atoms with Crippen molar-refractivity contribution in [1.82, 2.24) is 4.98 Å². The molecule has 0 spiro atoms. The van der Waals surface area contributed by atoms with Crippen LogP contribution in [0.15, 0.2) is 30.5 Å². The van der Waals surface area contributed by atoms with E-state index >= 15 is 0 Å². The fourth-order valence-electron chi connectivity index (χ4n) is 1.76. The third kappa shape index (κ3) is 1.50. The van der Waals surface area contributed by atoms with Gasteiger partial charge in [0.15, 0.2) is 0 Å². The quantitative estimate of drug-likeness (QED) is 0.660. The molecule has 0 bridgehead atoms. The number of para-hydroxylation sites is 1. The normalized spacial score (nSPS) is 11.1. The van der Waals surface area contributed by atoms with Crippen LogP contribution in [0.25, 0.3) is 10.9 Å². The molecular formula is C13H15N. The average molecular weight is 185 g/mol. The largest absolute Gasteiger partial charge is 0.256 e. The molecule has 1 aromatic heterocycles. The Morgan fingerprint density at radius 2 is 2.00 bits per heavy atom. The van der Waals surface area contributed by atoms with Crippen molar-refractivity contribution in [2.45, 2.75) is 26.7 Å². The minimum absolute atomic E-state index is 0.536. The molecule has 0 aliphatic heterocycles. The van der Waals surface area contributed by atoms with Crippen LogP contribution >= 0.6 is 0 Å². The Morgan fingerprint density at radius 3 is 2.71 bits per heavy atom. The maximum Gasteiger partial charge on any atom is 0.0736 e. The van der Waals surface area contributed by atoms with Gasteiger partial charge in [0, 0.05) is 11.6 Å². The van der Waals surface area contributed by atoms with E-state index < -0.39 is 0 Å². The van der Waals surface area contributed by atoms with Gasteiger partial charge < -0.3 is 0 Å². The first-order valence-corrected chi connectivity index (χ1v) is 5.04. The van der Waals surface area contributed by atoms with E-state index in [0.29, 0.717) is 5.92 Å². The molecule has 72 valence electrons. The molecule has 1 heterocycles. The van der Waals surface area contributed by atoms with Crippen LogP contribution in [0.4, 0.5) is 0 Å². The highest BCUT2D eigenvalue weighted by molar-refractivity contribution is 5.82. The highest BCUT2D eigenvalue weighted by atomic mass is 14.7. The number of aryl methyl sites for hydroxylation is 1. The average Bonchev–Trinajstić information content (AvgIpc) is 2.16. The molecule has 1 nitrogen and oxygen atoms in total. The lowest BCUT2D eigenvalue weighted by atomic mass is 9.99. The molecule has 0 saturated heterocycles. The summed E-state index contributed by atoms with van der Waals surface area (Å²) in [5.74, 6) is 0.536. The Kier molecular flexibility index (Phi) is 2.24. The Morgan fingerprint density at radius 1 is 1.21 bits per heavy atom. The van der Waals surface area contributed by atoms with Crippen LogP contribution in [0, 0.1) is 6.92 Å². The Hall–Kier alpha value is -1.37. The molecule has 0 saturated carbocycles. The van der Waals surface area contributed by atoms with E-state index in [-0.39, 0.29) is 0 Å². The number of aromatic nitrogens is 1. The number of benzene rings is 1. The van der Waals surface area contributed by atoms with Gasteiger partial charge in [-0.2, -0.15) is 0 Å². The Bertz CT molecular complexity index is 458. The van der Waals surface area contributed by atoms with Gasteiger partial charge in [0.2, 0.25) is 0 Å². The number of fused-ring (bicyclic) bond motifs is 1. The molecule has 1 heteroatoms. The van der Waals surface area contributed by atoms with Gasteiger partial charge in [-0.3, -0.25) is 4.98 Å². The van der Waals surface area contributed by atoms with Crippen molar-refractivity contribution in [3.63, 3.8) is 0 Å². The summed E-state index contributed by atoms with van der Waals surface area (Å²) >= 11 is 0. The van der Waals surface area contributed by atoms with Gasteiger partial charge in [0.1, 0.15) is 0 Å². The first kappa shape index (κ1) is 9.20. The minimum Gasteiger partial charge on any atom is -0.256 e. The lowest BCUT2D eigenvalue weighted by Crippen LogP contribution is -1.91. The second kappa shape index (κ2) is 3.41. The standard InChI is InChI=1S/C13H15N/c1-9(2)12-6-4-5-11-7-10(3)8-14-13(11)12/h4-9H,1-3H3. The van der Waals surface area contributed by atoms with Gasteiger partial charge >= 0.3 is 0 Å². The fraction of sp³-hybridized carbons (Fsp3) is 0.308. The van der Waals surface area contributed by atoms with Crippen molar-refractivity contribution >= 4 is 10.9 Å². The van der Waals surface area contributed by atoms with Gasteiger partial charge in [0.25, 0.3) is 0 Å². The summed E-state index contributed by atoms with van der Waals surface area (Å²) in [6.45, 7) is 6.49. The highest BCUT2D eigenvalue weighted by Gasteiger charge is 2.05. The number of pyridine rings is 1. The zero-order valence-corrected chi connectivity index (χ0v) is 8.91. The first-order chi connectivity index (χ1) is 6.68. The summed E-state index contributed by atoms with van der Waals surface area (Å²) < 4.78 is 0. The van der Waals surface area contributed by atoms with Crippen molar-refractivity contribution < 1.29 is 0 Å². The van der Waals surface area contributed by atoms with E-state index in [2.05, 4.69) is 50.0 Å². The van der Waals surface area contributed by atoms with E-state index in [4.69, 9.17) is 0 Å². The number of hydrogen-bond acceptors (Lipinski definition) is 1. The summed E-state index contributed by atoms with van der Waals surface area (Å²) in [6.07, 6.45) is 1.94. The van der Waals surface area contributed by atoms with Crippen molar-refractivity contribution in [2.75, 3.05) is 0 Å². The monoisotopic (exact) mass is 185 g/mol. The predicted octanol–water partition coefficient (Wildman–Crippen LogP) is 3.67. The molecule has 1 aromatic carbocycles. The molecule has 0 aliphatic carbocycles. The third-order valence-corrected chi connectivity index (χ3v) is 2.50. The fourth-order valence-corrected chi connectivity index (χ4v) is 1.76. The zero-order valence-electron chi connectivity index (χ0n) is 8.91. The van der Waals surface area contributed by atoms with E-state index in [9.17, 15) is 0 Å². The van der Waals surface area contributed by atoms with Crippen LogP contribution in [-0.4, -0.2) is 4.98 Å². The molecule has 2 rings (SSSR count). The molecule has 0 radical (unpaired) electrons. The maximum absolute atomic E-state index is 4.50. The summed E-state index contributed by atoms with van der Waals surface area (Å²) in [4.78, 5) is 4.50. The smallest absolute Gasteiger partial charge is 0.0736 e. The van der Waals surface area contributed by atoms with Gasteiger partial charge in [-0.25, -0.2) is 0 Å². The third-order valence-electron chi connectivity index (χ3n) is 2.50. The summed E-state index contributed by atoms with van der Waals surface area (Å²) in [7, 11) is 0. The van der Waals surface area contributed by atoms with Gasteiger partial charge in [-0.05, 0) is 30.0 Å². The highest BCUT2D eigenvalue weighted by Crippen LogP contribution is 2.23. The molecule has 0 aliphatic rings. The van der Waals surface area contributed by atoms with Gasteiger partial charge in [-0.1, -0.05) is 32.0 Å². The first-order valence-electron chi connectivity index (χ1n) is 5.04. The summed E-state index contributed by atoms with van der Waals surface area (Å²) in [5, 5.41) is 1.25. The number of nitrogens with zero attached hydrogens (tertiary/aromatic N) is 1. The topological polar surface area (TPSA) is 12.9 Å². The van der Waals surface area contributed by atoms with E-state index in [1.165, 1.54) is 16.5 Å². The number of rotatable bonds is 1. The molecule has 0 N–H and O–H groups in total. The van der Waals surface area contributed by atoms with E-state index in [1.54, 1.807) is 0 Å². The van der Waals surface area contributed by atoms with Crippen LogP contribution in [0.1, 0.15) is 30.9 Å². The molecular weight excluding hydrogens is 170 g/mol. The van der Waals surface area contributed by atoms with Crippen LogP contribution in [0.2, 0.25) is 0 Å². The second-order valence-corrected chi connectivity index (χ2v) is 4.09. The second-order valence-electron chi connectivity index (χ2n) is 4.09. The maximum atomic E-state index is 4.50. The van der Waals surface area contributed by atoms with Crippen molar-refractivity contribution in [1.29, 1.82) is 0 Å². The molecule has 2 aromatic rings. The van der Waals surface area contributed by atoms with Crippen molar-refractivity contribution in [3.05, 3.63) is 41.6 Å². The Balaban J connectivity index is 2.75. The lowest BCUT2D eigenvalue weighted by molar-refractivity contribution is 0.872. The van der Waals surface area contributed by atoms with Crippen LogP contribution in [-0.2, 0) is 0 Å². The Labute approximate surface area is 84.8 Å².